The number of carbonyl (C=O) groups is 1. The highest BCUT2D eigenvalue weighted by atomic mass is 127. The molecule has 0 spiro atoms. The van der Waals surface area contributed by atoms with Gasteiger partial charge in [-0.1, -0.05) is 0 Å². The maximum Gasteiger partial charge on any atom is 0.244 e. The third-order valence-electron chi connectivity index (χ3n) is 4.90. The molecule has 1 amide bonds. The predicted octanol–water partition coefficient (Wildman–Crippen LogP) is 0.418. The molecule has 0 aromatic carbocycles. The van der Waals surface area contributed by atoms with Gasteiger partial charge in [-0.3, -0.25) is 9.69 Å². The molecule has 0 saturated carbocycles. The number of piperazine rings is 1. The zero-order valence-corrected chi connectivity index (χ0v) is 18.3. The van der Waals surface area contributed by atoms with E-state index in [0.717, 1.165) is 71.2 Å². The van der Waals surface area contributed by atoms with Crippen molar-refractivity contribution in [1.29, 1.82) is 0 Å². The summed E-state index contributed by atoms with van der Waals surface area (Å²) in [5.74, 6) is 0.878. The standard InChI is InChI=1S/C17H34N6O.HI/c1-4-18-17(20-14-16(24)23-7-5-6-8-23)19-13-15(2)22-11-9-21(3)10-12-22;/h15H,4-14H2,1-3H3,(H2,18,19,20);1H. The van der Waals surface area contributed by atoms with Crippen molar-refractivity contribution in [2.24, 2.45) is 4.99 Å². The molecule has 146 valence electrons. The zero-order valence-electron chi connectivity index (χ0n) is 16.0. The highest BCUT2D eigenvalue weighted by Gasteiger charge is 2.20. The average Bonchev–Trinajstić information content (AvgIpc) is 3.12. The van der Waals surface area contributed by atoms with Crippen LogP contribution < -0.4 is 10.6 Å². The predicted molar refractivity (Wildman–Crippen MR) is 114 cm³/mol. The van der Waals surface area contributed by atoms with Crippen LogP contribution in [0.25, 0.3) is 0 Å². The number of rotatable bonds is 6. The van der Waals surface area contributed by atoms with Crippen LogP contribution in [-0.2, 0) is 4.79 Å². The van der Waals surface area contributed by atoms with E-state index in [1.54, 1.807) is 0 Å². The highest BCUT2D eigenvalue weighted by Crippen LogP contribution is 2.07. The van der Waals surface area contributed by atoms with Crippen molar-refractivity contribution in [2.75, 3.05) is 66.0 Å². The fraction of sp³-hybridized carbons (Fsp3) is 0.882. The number of halogens is 1. The number of hydrogen-bond donors (Lipinski definition) is 2. The smallest absolute Gasteiger partial charge is 0.244 e. The van der Waals surface area contributed by atoms with Gasteiger partial charge in [-0.15, -0.1) is 24.0 Å². The summed E-state index contributed by atoms with van der Waals surface area (Å²) < 4.78 is 0. The number of amides is 1. The third-order valence-corrected chi connectivity index (χ3v) is 4.90. The molecule has 0 radical (unpaired) electrons. The lowest BCUT2D eigenvalue weighted by atomic mass is 10.2. The first-order valence-electron chi connectivity index (χ1n) is 9.32. The fourth-order valence-electron chi connectivity index (χ4n) is 3.19. The van der Waals surface area contributed by atoms with Gasteiger partial charge in [0.15, 0.2) is 5.96 Å². The Morgan fingerprint density at radius 3 is 2.32 bits per heavy atom. The van der Waals surface area contributed by atoms with E-state index < -0.39 is 0 Å². The van der Waals surface area contributed by atoms with E-state index in [0.29, 0.717) is 6.04 Å². The molecule has 2 heterocycles. The van der Waals surface area contributed by atoms with Gasteiger partial charge in [-0.05, 0) is 33.7 Å². The van der Waals surface area contributed by atoms with E-state index in [9.17, 15) is 4.79 Å². The van der Waals surface area contributed by atoms with Crippen LogP contribution in [0.2, 0.25) is 0 Å². The molecular weight excluding hydrogens is 431 g/mol. The van der Waals surface area contributed by atoms with Gasteiger partial charge in [-0.2, -0.15) is 0 Å². The Bertz CT molecular complexity index is 419. The fourth-order valence-corrected chi connectivity index (χ4v) is 3.19. The summed E-state index contributed by atoms with van der Waals surface area (Å²) in [6, 6.07) is 0.455. The monoisotopic (exact) mass is 466 g/mol. The van der Waals surface area contributed by atoms with E-state index in [1.165, 1.54) is 0 Å². The van der Waals surface area contributed by atoms with Gasteiger partial charge in [0.05, 0.1) is 0 Å². The molecule has 7 nitrogen and oxygen atoms in total. The Balaban J connectivity index is 0.00000312. The maximum atomic E-state index is 12.1. The number of guanidine groups is 1. The molecule has 8 heteroatoms. The van der Waals surface area contributed by atoms with E-state index >= 15 is 0 Å². The van der Waals surface area contributed by atoms with Crippen molar-refractivity contribution < 1.29 is 4.79 Å². The first-order chi connectivity index (χ1) is 11.6. The minimum Gasteiger partial charge on any atom is -0.357 e. The Labute approximate surface area is 169 Å². The summed E-state index contributed by atoms with van der Waals surface area (Å²) in [5.41, 5.74) is 0. The second-order valence-corrected chi connectivity index (χ2v) is 6.85. The first kappa shape index (κ1) is 22.4. The quantitative estimate of drug-likeness (QED) is 0.338. The van der Waals surface area contributed by atoms with Gasteiger partial charge >= 0.3 is 0 Å². The molecule has 0 bridgehead atoms. The number of likely N-dealkylation sites (tertiary alicyclic amines) is 1. The number of nitrogens with one attached hydrogen (secondary N) is 2. The highest BCUT2D eigenvalue weighted by molar-refractivity contribution is 14.0. The molecule has 2 rings (SSSR count). The van der Waals surface area contributed by atoms with Crippen LogP contribution in [0.5, 0.6) is 0 Å². The number of carbonyl (C=O) groups excluding carboxylic acids is 1. The second-order valence-electron chi connectivity index (χ2n) is 6.85. The average molecular weight is 466 g/mol. The summed E-state index contributed by atoms with van der Waals surface area (Å²) in [5, 5.41) is 6.62. The SMILES string of the molecule is CCNC(=NCC(=O)N1CCCC1)NCC(C)N1CCN(C)CC1.I. The van der Waals surface area contributed by atoms with Crippen LogP contribution in [0, 0.1) is 0 Å². The molecular formula is C17H35IN6O. The number of nitrogens with zero attached hydrogens (tertiary/aromatic N) is 4. The molecule has 25 heavy (non-hydrogen) atoms. The van der Waals surface area contributed by atoms with Crippen molar-refractivity contribution in [1.82, 2.24) is 25.3 Å². The summed E-state index contributed by atoms with van der Waals surface area (Å²) in [6.45, 7) is 12.4. The third kappa shape index (κ3) is 7.65. The lowest BCUT2D eigenvalue weighted by Crippen LogP contribution is -2.52. The molecule has 0 aromatic heterocycles. The van der Waals surface area contributed by atoms with Gasteiger partial charge in [-0.25, -0.2) is 4.99 Å². The lowest BCUT2D eigenvalue weighted by molar-refractivity contribution is -0.128. The van der Waals surface area contributed by atoms with E-state index in [-0.39, 0.29) is 36.4 Å². The molecule has 2 aliphatic heterocycles. The van der Waals surface area contributed by atoms with Gasteiger partial charge < -0.3 is 20.4 Å². The van der Waals surface area contributed by atoms with Gasteiger partial charge in [0.25, 0.3) is 0 Å². The summed E-state index contributed by atoms with van der Waals surface area (Å²) in [7, 11) is 2.17. The van der Waals surface area contributed by atoms with E-state index in [2.05, 4.69) is 39.4 Å². The second kappa shape index (κ2) is 11.9. The van der Waals surface area contributed by atoms with Crippen molar-refractivity contribution >= 4 is 35.8 Å². The lowest BCUT2D eigenvalue weighted by Gasteiger charge is -2.36. The van der Waals surface area contributed by atoms with Gasteiger partial charge in [0.1, 0.15) is 6.54 Å². The van der Waals surface area contributed by atoms with E-state index in [4.69, 9.17) is 0 Å². The first-order valence-corrected chi connectivity index (χ1v) is 9.32. The largest absolute Gasteiger partial charge is 0.357 e. The minimum absolute atomic E-state index is 0. The Morgan fingerprint density at radius 2 is 1.72 bits per heavy atom. The van der Waals surface area contributed by atoms with Crippen LogP contribution in [0.1, 0.15) is 26.7 Å². The van der Waals surface area contributed by atoms with Crippen molar-refractivity contribution in [3.63, 3.8) is 0 Å². The Hall–Kier alpha value is -0.610. The van der Waals surface area contributed by atoms with Crippen LogP contribution in [-0.4, -0.2) is 98.6 Å². The van der Waals surface area contributed by atoms with Crippen molar-refractivity contribution in [3.05, 3.63) is 0 Å². The minimum atomic E-state index is 0. The Kier molecular flexibility index (Phi) is 10.7. The zero-order chi connectivity index (χ0) is 17.4. The van der Waals surface area contributed by atoms with Gasteiger partial charge in [0, 0.05) is 58.4 Å². The number of hydrogen-bond acceptors (Lipinski definition) is 4. The van der Waals surface area contributed by atoms with E-state index in [1.807, 2.05) is 11.8 Å². The normalized spacial score (nSPS) is 20.9. The molecule has 2 N–H and O–H groups in total. The summed E-state index contributed by atoms with van der Waals surface area (Å²) >= 11 is 0. The van der Waals surface area contributed by atoms with Crippen LogP contribution >= 0.6 is 24.0 Å². The number of aliphatic imine (C=N–C) groups is 1. The van der Waals surface area contributed by atoms with Crippen LogP contribution in [0.15, 0.2) is 4.99 Å². The molecule has 0 aliphatic carbocycles. The van der Waals surface area contributed by atoms with Crippen LogP contribution in [0.4, 0.5) is 0 Å². The maximum absolute atomic E-state index is 12.1. The molecule has 2 saturated heterocycles. The molecule has 1 atom stereocenters. The molecule has 2 fully saturated rings. The summed E-state index contributed by atoms with van der Waals surface area (Å²) in [4.78, 5) is 23.4. The topological polar surface area (TPSA) is 63.2 Å². The molecule has 2 aliphatic rings. The number of likely N-dealkylation sites (N-methyl/N-ethyl adjacent to an activating group) is 1. The van der Waals surface area contributed by atoms with Crippen molar-refractivity contribution in [2.45, 2.75) is 32.7 Å². The molecule has 0 aromatic rings. The van der Waals surface area contributed by atoms with Crippen molar-refractivity contribution in [3.8, 4) is 0 Å². The summed E-state index contributed by atoms with van der Waals surface area (Å²) in [6.07, 6.45) is 2.24. The van der Waals surface area contributed by atoms with Crippen LogP contribution in [0.3, 0.4) is 0 Å². The molecule has 1 unspecified atom stereocenters. The Morgan fingerprint density at radius 1 is 1.08 bits per heavy atom. The van der Waals surface area contributed by atoms with Gasteiger partial charge in [0.2, 0.25) is 5.91 Å².